The van der Waals surface area contributed by atoms with Gasteiger partial charge in [-0.2, -0.15) is 0 Å². The topological polar surface area (TPSA) is 128 Å². The predicted molar refractivity (Wildman–Crippen MR) is 163 cm³/mol. The van der Waals surface area contributed by atoms with Crippen molar-refractivity contribution in [1.29, 1.82) is 0 Å². The first-order chi connectivity index (χ1) is 20.8. The van der Waals surface area contributed by atoms with Crippen molar-refractivity contribution in [3.05, 3.63) is 60.5 Å². The van der Waals surface area contributed by atoms with Gasteiger partial charge in [0.2, 0.25) is 5.95 Å². The summed E-state index contributed by atoms with van der Waals surface area (Å²) in [6.45, 7) is 12.6. The highest BCUT2D eigenvalue weighted by Crippen LogP contribution is 2.27. The highest BCUT2D eigenvalue weighted by Gasteiger charge is 2.24. The van der Waals surface area contributed by atoms with Gasteiger partial charge >= 0.3 is 0 Å². The lowest BCUT2D eigenvalue weighted by atomic mass is 9.96. The van der Waals surface area contributed by atoms with Crippen molar-refractivity contribution >= 4 is 45.8 Å². The van der Waals surface area contributed by atoms with Crippen molar-refractivity contribution in [1.82, 2.24) is 34.9 Å². The molecule has 2 N–H and O–H groups in total. The van der Waals surface area contributed by atoms with Gasteiger partial charge in [0.15, 0.2) is 17.4 Å². The summed E-state index contributed by atoms with van der Waals surface area (Å²) in [5, 5.41) is 9.49. The molecule has 2 aliphatic rings. The fourth-order valence-electron chi connectivity index (χ4n) is 5.44. The van der Waals surface area contributed by atoms with E-state index in [9.17, 15) is 9.18 Å². The molecule has 5 heterocycles. The van der Waals surface area contributed by atoms with Crippen LogP contribution in [0.5, 0.6) is 0 Å². The molecule has 0 radical (unpaired) electrons. The number of benzene rings is 1. The standard InChI is InChI=1S/C30H35FN10O2/c1-19(2)25-15-26(38-43-25)36-29(42)21-4-5-22(31)23(14-21)35-28-27-24(33-18-34-28)16-32-30(37-27)41-12-10-40(11-13-41)17-20-6-8-39(3)9-7-20/h4-5,14-16,18,20H,1,6-13,17H2,2-3H3,(H,33,34,35)(H,36,38,42). The Morgan fingerprint density at radius 2 is 1.88 bits per heavy atom. The maximum Gasteiger partial charge on any atom is 0.256 e. The van der Waals surface area contributed by atoms with E-state index in [0.29, 0.717) is 34.1 Å². The normalized spacial score (nSPS) is 16.9. The number of anilines is 4. The van der Waals surface area contributed by atoms with E-state index in [4.69, 9.17) is 9.51 Å². The number of allylic oxidation sites excluding steroid dienone is 1. The zero-order valence-corrected chi connectivity index (χ0v) is 24.4. The molecule has 0 atom stereocenters. The van der Waals surface area contributed by atoms with Crippen LogP contribution in [0.25, 0.3) is 16.6 Å². The second kappa shape index (κ2) is 12.4. The third-order valence-electron chi connectivity index (χ3n) is 8.03. The molecule has 0 spiro atoms. The first kappa shape index (κ1) is 28.6. The molecule has 224 valence electrons. The van der Waals surface area contributed by atoms with Gasteiger partial charge in [0.05, 0.1) is 11.9 Å². The second-order valence-electron chi connectivity index (χ2n) is 11.3. The molecule has 2 saturated heterocycles. The van der Waals surface area contributed by atoms with Crippen molar-refractivity contribution in [3.8, 4) is 0 Å². The molecule has 1 amide bonds. The van der Waals surface area contributed by atoms with Crippen LogP contribution < -0.4 is 15.5 Å². The number of likely N-dealkylation sites (tertiary alicyclic amines) is 1. The second-order valence-corrected chi connectivity index (χ2v) is 11.3. The SMILES string of the molecule is C=C(C)c1cc(NC(=O)c2ccc(F)c(Nc3ncnc4cnc(N5CCN(CC6CCN(C)CC6)CC5)nc34)c2)no1. The van der Waals surface area contributed by atoms with E-state index in [1.807, 2.05) is 0 Å². The highest BCUT2D eigenvalue weighted by molar-refractivity contribution is 6.04. The molecule has 2 aliphatic heterocycles. The number of carbonyl (C=O) groups is 1. The van der Waals surface area contributed by atoms with Crippen LogP contribution in [0.3, 0.4) is 0 Å². The maximum atomic E-state index is 14.9. The molecule has 43 heavy (non-hydrogen) atoms. The molecule has 1 aromatic carbocycles. The predicted octanol–water partition coefficient (Wildman–Crippen LogP) is 4.04. The zero-order valence-electron chi connectivity index (χ0n) is 24.4. The molecule has 13 heteroatoms. The lowest BCUT2D eigenvalue weighted by Crippen LogP contribution is -2.49. The van der Waals surface area contributed by atoms with Gasteiger partial charge in [0.25, 0.3) is 5.91 Å². The lowest BCUT2D eigenvalue weighted by Gasteiger charge is -2.38. The fourth-order valence-corrected chi connectivity index (χ4v) is 5.44. The Balaban J connectivity index is 1.15. The van der Waals surface area contributed by atoms with Crippen LogP contribution in [0.4, 0.5) is 27.7 Å². The first-order valence-electron chi connectivity index (χ1n) is 14.5. The monoisotopic (exact) mass is 586 g/mol. The van der Waals surface area contributed by atoms with Crippen molar-refractivity contribution < 1.29 is 13.7 Å². The molecule has 0 saturated carbocycles. The highest BCUT2D eigenvalue weighted by atomic mass is 19.1. The van der Waals surface area contributed by atoms with Crippen LogP contribution in [0.1, 0.15) is 35.9 Å². The lowest BCUT2D eigenvalue weighted by molar-refractivity contribution is 0.102. The van der Waals surface area contributed by atoms with E-state index in [1.165, 1.54) is 50.5 Å². The summed E-state index contributed by atoms with van der Waals surface area (Å²) in [5.74, 6) is 1.32. The summed E-state index contributed by atoms with van der Waals surface area (Å²) in [5.41, 5.74) is 1.95. The van der Waals surface area contributed by atoms with Crippen molar-refractivity contribution in [3.63, 3.8) is 0 Å². The Morgan fingerprint density at radius 1 is 1.09 bits per heavy atom. The van der Waals surface area contributed by atoms with Crippen LogP contribution in [0.15, 0.2) is 47.9 Å². The van der Waals surface area contributed by atoms with E-state index in [0.717, 1.165) is 38.6 Å². The van der Waals surface area contributed by atoms with Gasteiger partial charge in [0.1, 0.15) is 23.2 Å². The van der Waals surface area contributed by atoms with Crippen LogP contribution in [0, 0.1) is 11.7 Å². The van der Waals surface area contributed by atoms with Gasteiger partial charge in [-0.25, -0.2) is 24.3 Å². The molecular formula is C30H35FN10O2. The van der Waals surface area contributed by atoms with Gasteiger partial charge in [0, 0.05) is 44.4 Å². The minimum atomic E-state index is -0.552. The van der Waals surface area contributed by atoms with Crippen molar-refractivity contribution in [2.75, 3.05) is 68.4 Å². The van der Waals surface area contributed by atoms with Gasteiger partial charge in [-0.3, -0.25) is 9.69 Å². The Bertz CT molecular complexity index is 1630. The number of piperazine rings is 1. The van der Waals surface area contributed by atoms with Gasteiger partial charge in [-0.15, -0.1) is 0 Å². The Hall–Kier alpha value is -4.49. The van der Waals surface area contributed by atoms with E-state index in [1.54, 1.807) is 19.2 Å². The number of carbonyl (C=O) groups excluding carboxylic acids is 1. The molecule has 12 nitrogen and oxygen atoms in total. The van der Waals surface area contributed by atoms with E-state index in [-0.39, 0.29) is 17.1 Å². The molecule has 4 aromatic rings. The number of aromatic nitrogens is 5. The molecule has 0 aliphatic carbocycles. The largest absolute Gasteiger partial charge is 0.354 e. The summed E-state index contributed by atoms with van der Waals surface area (Å²) < 4.78 is 20.1. The number of nitrogens with zero attached hydrogens (tertiary/aromatic N) is 8. The van der Waals surface area contributed by atoms with E-state index >= 15 is 0 Å². The van der Waals surface area contributed by atoms with Crippen LogP contribution in [-0.4, -0.2) is 93.7 Å². The van der Waals surface area contributed by atoms with E-state index < -0.39 is 11.7 Å². The first-order valence-corrected chi connectivity index (χ1v) is 14.5. The minimum Gasteiger partial charge on any atom is -0.354 e. The Labute approximate surface area is 249 Å². The number of fused-ring (bicyclic) bond motifs is 1. The molecule has 2 fully saturated rings. The third kappa shape index (κ3) is 6.62. The number of hydrogen-bond donors (Lipinski definition) is 2. The molecule has 0 unspecified atom stereocenters. The number of piperidine rings is 1. The fraction of sp³-hybridized carbons (Fsp3) is 0.400. The molecule has 0 bridgehead atoms. The smallest absolute Gasteiger partial charge is 0.256 e. The van der Waals surface area contributed by atoms with Crippen LogP contribution in [0.2, 0.25) is 0 Å². The average Bonchev–Trinajstić information content (AvgIpc) is 3.49. The van der Waals surface area contributed by atoms with E-state index in [2.05, 4.69) is 59.1 Å². The van der Waals surface area contributed by atoms with Gasteiger partial charge in [-0.05, 0) is 69.6 Å². The van der Waals surface area contributed by atoms with Crippen LogP contribution >= 0.6 is 0 Å². The molecule has 3 aromatic heterocycles. The molecular weight excluding hydrogens is 551 g/mol. The quantitative estimate of drug-likeness (QED) is 0.310. The van der Waals surface area contributed by atoms with Gasteiger partial charge in [-0.1, -0.05) is 11.7 Å². The third-order valence-corrected chi connectivity index (χ3v) is 8.03. The van der Waals surface area contributed by atoms with Gasteiger partial charge < -0.3 is 25.0 Å². The number of nitrogens with one attached hydrogen (secondary N) is 2. The minimum absolute atomic E-state index is 0.0677. The van der Waals surface area contributed by atoms with Crippen molar-refractivity contribution in [2.45, 2.75) is 19.8 Å². The number of amides is 1. The summed E-state index contributed by atoms with van der Waals surface area (Å²) >= 11 is 0. The summed E-state index contributed by atoms with van der Waals surface area (Å²) in [6, 6.07) is 5.58. The Morgan fingerprint density at radius 3 is 2.63 bits per heavy atom. The summed E-state index contributed by atoms with van der Waals surface area (Å²) in [6.07, 6.45) is 5.54. The molecule has 6 rings (SSSR count). The Kier molecular flexibility index (Phi) is 8.25. The number of halogens is 1. The summed E-state index contributed by atoms with van der Waals surface area (Å²) in [4.78, 5) is 37.9. The average molecular weight is 587 g/mol. The zero-order chi connectivity index (χ0) is 29.9. The number of rotatable bonds is 8. The van der Waals surface area contributed by atoms with Crippen molar-refractivity contribution in [2.24, 2.45) is 5.92 Å². The number of hydrogen-bond acceptors (Lipinski definition) is 11. The summed E-state index contributed by atoms with van der Waals surface area (Å²) in [7, 11) is 2.19. The van der Waals surface area contributed by atoms with Crippen LogP contribution in [-0.2, 0) is 0 Å². The maximum absolute atomic E-state index is 14.9.